The van der Waals surface area contributed by atoms with E-state index >= 15 is 4.79 Å². The van der Waals surface area contributed by atoms with Crippen LogP contribution in [0.4, 0.5) is 10.6 Å². The van der Waals surface area contributed by atoms with Gasteiger partial charge in [0, 0.05) is 31.7 Å². The molecule has 47 heavy (non-hydrogen) atoms. The first-order valence-electron chi connectivity index (χ1n) is 17.1. The van der Waals surface area contributed by atoms with Crippen LogP contribution in [0.1, 0.15) is 63.1 Å². The number of rotatable bonds is 14. The number of hydrogen-bond acceptors (Lipinski definition) is 6. The van der Waals surface area contributed by atoms with Gasteiger partial charge >= 0.3 is 6.03 Å². The standard InChI is InChI=1S/C38H49N5O4/c1-4-5-21-45-22-13-12-20-42-32(24-27-14-8-6-9-15-27)34-35(47-38(2,3)46-34)33(25-28-16-10-7-11-17-28)43(37(42)44)26-29-18-19-31-30(23-29)36(39)41-40-31/h6-11,14-19,23,32-35H,4-5,12-13,20-22,24-26H2,1-3H3,(H3,39,40,41)/t32-,33-,34+,35+/m1/s1. The molecular formula is C38H49N5O4. The number of urea groups is 1. The molecule has 4 aromatic rings. The molecule has 2 aliphatic rings. The molecule has 6 rings (SSSR count). The topological polar surface area (TPSA) is 106 Å². The van der Waals surface area contributed by atoms with Crippen molar-refractivity contribution in [1.82, 2.24) is 20.0 Å². The van der Waals surface area contributed by atoms with Crippen molar-refractivity contribution in [1.29, 1.82) is 0 Å². The van der Waals surface area contributed by atoms with E-state index in [1.807, 2.05) is 61.2 Å². The quantitative estimate of drug-likeness (QED) is 0.148. The number of fused-ring (bicyclic) bond motifs is 2. The highest BCUT2D eigenvalue weighted by atomic mass is 16.8. The minimum atomic E-state index is -0.797. The van der Waals surface area contributed by atoms with E-state index < -0.39 is 5.79 Å². The molecule has 4 atom stereocenters. The van der Waals surface area contributed by atoms with Gasteiger partial charge in [-0.2, -0.15) is 5.10 Å². The zero-order chi connectivity index (χ0) is 32.8. The number of aromatic amines is 1. The lowest BCUT2D eigenvalue weighted by molar-refractivity contribution is -0.157. The van der Waals surface area contributed by atoms with Gasteiger partial charge in [-0.1, -0.05) is 80.1 Å². The molecular weight excluding hydrogens is 590 g/mol. The van der Waals surface area contributed by atoms with Crippen molar-refractivity contribution in [3.05, 3.63) is 95.6 Å². The van der Waals surface area contributed by atoms with Crippen LogP contribution in [0.5, 0.6) is 0 Å². The Bertz CT molecular complexity index is 1590. The third-order valence-electron chi connectivity index (χ3n) is 9.38. The number of carbonyl (C=O) groups is 1. The number of carbonyl (C=O) groups excluding carboxylic acids is 1. The van der Waals surface area contributed by atoms with Crippen LogP contribution in [-0.2, 0) is 33.6 Å². The van der Waals surface area contributed by atoms with E-state index in [0.717, 1.165) is 54.3 Å². The molecule has 3 aromatic carbocycles. The molecule has 9 heteroatoms. The number of nitrogen functional groups attached to an aromatic ring is 1. The van der Waals surface area contributed by atoms with E-state index in [1.54, 1.807) is 0 Å². The summed E-state index contributed by atoms with van der Waals surface area (Å²) in [5.74, 6) is -0.348. The minimum Gasteiger partial charge on any atom is -0.382 e. The molecule has 0 radical (unpaired) electrons. The average molecular weight is 640 g/mol. The van der Waals surface area contributed by atoms with Crippen LogP contribution in [-0.4, -0.2) is 75.9 Å². The number of nitrogens with zero attached hydrogens (tertiary/aromatic N) is 3. The van der Waals surface area contributed by atoms with Gasteiger partial charge in [-0.15, -0.1) is 0 Å². The smallest absolute Gasteiger partial charge is 0.321 e. The normalized spacial score (nSPS) is 22.5. The van der Waals surface area contributed by atoms with Gasteiger partial charge in [0.15, 0.2) is 11.6 Å². The maximum absolute atomic E-state index is 15.1. The van der Waals surface area contributed by atoms with E-state index in [-0.39, 0.29) is 30.3 Å². The Morgan fingerprint density at radius 2 is 1.45 bits per heavy atom. The number of ether oxygens (including phenoxy) is 3. The molecule has 0 unspecified atom stereocenters. The Labute approximate surface area is 278 Å². The van der Waals surface area contributed by atoms with E-state index in [0.29, 0.717) is 38.4 Å². The fourth-order valence-corrected chi connectivity index (χ4v) is 7.04. The highest BCUT2D eigenvalue weighted by Gasteiger charge is 2.55. The number of anilines is 1. The van der Waals surface area contributed by atoms with Crippen molar-refractivity contribution < 1.29 is 19.0 Å². The van der Waals surface area contributed by atoms with Crippen LogP contribution >= 0.6 is 0 Å². The van der Waals surface area contributed by atoms with Crippen LogP contribution in [0.25, 0.3) is 10.9 Å². The SMILES string of the molecule is CCCCOCCCCN1C(=O)N(Cc2ccc3[nH]nc(N)c3c2)[C@H](Cc2ccccc2)[C@@H]2OC(C)(C)O[C@H]2[C@H]1Cc1ccccc1. The van der Waals surface area contributed by atoms with E-state index in [4.69, 9.17) is 19.9 Å². The second-order valence-electron chi connectivity index (χ2n) is 13.3. The Kier molecular flexibility index (Phi) is 10.4. The van der Waals surface area contributed by atoms with Crippen molar-refractivity contribution in [2.45, 2.75) is 95.9 Å². The first kappa shape index (κ1) is 33.0. The maximum Gasteiger partial charge on any atom is 0.321 e. The summed E-state index contributed by atoms with van der Waals surface area (Å²) in [6.07, 6.45) is 4.54. The molecule has 2 fully saturated rings. The number of H-pyrrole nitrogens is 1. The monoisotopic (exact) mass is 639 g/mol. The number of amides is 2. The third kappa shape index (κ3) is 7.80. The second kappa shape index (κ2) is 14.9. The zero-order valence-corrected chi connectivity index (χ0v) is 27.9. The molecule has 0 spiro atoms. The molecule has 2 saturated heterocycles. The molecule has 3 heterocycles. The van der Waals surface area contributed by atoms with Gasteiger partial charge in [0.25, 0.3) is 0 Å². The molecule has 0 saturated carbocycles. The molecule has 2 amide bonds. The lowest BCUT2D eigenvalue weighted by Crippen LogP contribution is -2.52. The summed E-state index contributed by atoms with van der Waals surface area (Å²) in [5.41, 5.74) is 10.4. The van der Waals surface area contributed by atoms with Gasteiger partial charge < -0.3 is 29.7 Å². The number of benzene rings is 3. The van der Waals surface area contributed by atoms with Gasteiger partial charge in [0.1, 0.15) is 12.2 Å². The fraction of sp³-hybridized carbons (Fsp3) is 0.474. The first-order chi connectivity index (χ1) is 22.8. The average Bonchev–Trinajstić information content (AvgIpc) is 3.59. The summed E-state index contributed by atoms with van der Waals surface area (Å²) in [4.78, 5) is 19.2. The van der Waals surface area contributed by atoms with Gasteiger partial charge in [-0.25, -0.2) is 4.79 Å². The molecule has 250 valence electrons. The zero-order valence-electron chi connectivity index (χ0n) is 27.9. The number of nitrogens with one attached hydrogen (secondary N) is 1. The van der Waals surface area contributed by atoms with Crippen molar-refractivity contribution >= 4 is 22.8 Å². The Morgan fingerprint density at radius 1 is 0.830 bits per heavy atom. The van der Waals surface area contributed by atoms with Crippen molar-refractivity contribution in [3.8, 4) is 0 Å². The minimum absolute atomic E-state index is 0.00145. The summed E-state index contributed by atoms with van der Waals surface area (Å²) >= 11 is 0. The molecule has 9 nitrogen and oxygen atoms in total. The van der Waals surface area contributed by atoms with Gasteiger partial charge in [-0.05, 0) is 74.8 Å². The van der Waals surface area contributed by atoms with Gasteiger partial charge in [0.2, 0.25) is 0 Å². The van der Waals surface area contributed by atoms with Crippen molar-refractivity contribution in [2.24, 2.45) is 0 Å². The Hall–Kier alpha value is -3.92. The number of unbranched alkanes of at least 4 members (excludes halogenated alkanes) is 2. The van der Waals surface area contributed by atoms with E-state index in [9.17, 15) is 0 Å². The third-order valence-corrected chi connectivity index (χ3v) is 9.38. The summed E-state index contributed by atoms with van der Waals surface area (Å²) < 4.78 is 19.5. The second-order valence-corrected chi connectivity index (χ2v) is 13.3. The number of aromatic nitrogens is 2. The van der Waals surface area contributed by atoms with Crippen LogP contribution < -0.4 is 5.73 Å². The predicted octanol–water partition coefficient (Wildman–Crippen LogP) is 6.72. The van der Waals surface area contributed by atoms with Crippen molar-refractivity contribution in [2.75, 3.05) is 25.5 Å². The molecule has 2 aliphatic heterocycles. The largest absolute Gasteiger partial charge is 0.382 e. The van der Waals surface area contributed by atoms with Crippen LogP contribution in [0, 0.1) is 0 Å². The molecule has 3 N–H and O–H groups in total. The lowest BCUT2D eigenvalue weighted by Gasteiger charge is -2.37. The Balaban J connectivity index is 1.39. The van der Waals surface area contributed by atoms with Crippen LogP contribution in [0.2, 0.25) is 0 Å². The van der Waals surface area contributed by atoms with E-state index in [2.05, 4.69) is 58.4 Å². The van der Waals surface area contributed by atoms with Gasteiger partial charge in [0.05, 0.1) is 17.6 Å². The fourth-order valence-electron chi connectivity index (χ4n) is 7.04. The van der Waals surface area contributed by atoms with Crippen LogP contribution in [0.3, 0.4) is 0 Å². The van der Waals surface area contributed by atoms with Crippen molar-refractivity contribution in [3.63, 3.8) is 0 Å². The highest BCUT2D eigenvalue weighted by Crippen LogP contribution is 2.40. The Morgan fingerprint density at radius 3 is 2.09 bits per heavy atom. The summed E-state index contributed by atoms with van der Waals surface area (Å²) in [6, 6.07) is 26.4. The lowest BCUT2D eigenvalue weighted by atomic mass is 9.91. The van der Waals surface area contributed by atoms with E-state index in [1.165, 1.54) is 5.56 Å². The van der Waals surface area contributed by atoms with Gasteiger partial charge in [-0.3, -0.25) is 5.10 Å². The summed E-state index contributed by atoms with van der Waals surface area (Å²) in [6.45, 7) is 8.61. The molecule has 0 aliphatic carbocycles. The maximum atomic E-state index is 15.1. The van der Waals surface area contributed by atoms with Crippen LogP contribution in [0.15, 0.2) is 78.9 Å². The predicted molar refractivity (Wildman–Crippen MR) is 185 cm³/mol. The number of hydrogen-bond donors (Lipinski definition) is 2. The summed E-state index contributed by atoms with van der Waals surface area (Å²) in [5, 5.41) is 8.03. The summed E-state index contributed by atoms with van der Waals surface area (Å²) in [7, 11) is 0. The molecule has 0 bridgehead atoms. The first-order valence-corrected chi connectivity index (χ1v) is 17.1. The molecule has 1 aromatic heterocycles. The number of nitrogens with two attached hydrogens (primary N) is 1. The highest BCUT2D eigenvalue weighted by molar-refractivity contribution is 5.89.